The standard InChI is InChI=1S/C15H11Cl3N2/c16-10-4-6-11(7-5-10)20-15(19)9-8-12-13(17)2-1-3-14(12)18/h1-9H,(H2,19,20)/b9-8+. The Labute approximate surface area is 132 Å². The van der Waals surface area contributed by atoms with Crippen LogP contribution in [-0.2, 0) is 0 Å². The highest BCUT2D eigenvalue weighted by atomic mass is 35.5. The van der Waals surface area contributed by atoms with E-state index < -0.39 is 0 Å². The highest BCUT2D eigenvalue weighted by Gasteiger charge is 2.01. The lowest BCUT2D eigenvalue weighted by Gasteiger charge is -2.01. The number of halogens is 3. The van der Waals surface area contributed by atoms with Crippen LogP contribution in [0.1, 0.15) is 5.56 Å². The molecule has 0 radical (unpaired) electrons. The topological polar surface area (TPSA) is 38.4 Å². The molecule has 2 aromatic rings. The maximum absolute atomic E-state index is 6.06. The summed E-state index contributed by atoms with van der Waals surface area (Å²) in [6.45, 7) is 0. The van der Waals surface area contributed by atoms with Crippen molar-refractivity contribution in [2.45, 2.75) is 0 Å². The predicted molar refractivity (Wildman–Crippen MR) is 88.2 cm³/mol. The fraction of sp³-hybridized carbons (Fsp3) is 0. The van der Waals surface area contributed by atoms with E-state index in [0.717, 1.165) is 5.69 Å². The molecular weight excluding hydrogens is 315 g/mol. The third kappa shape index (κ3) is 4.01. The van der Waals surface area contributed by atoms with E-state index in [1.54, 1.807) is 54.6 Å². The molecule has 0 amide bonds. The van der Waals surface area contributed by atoms with Crippen LogP contribution in [0.3, 0.4) is 0 Å². The van der Waals surface area contributed by atoms with E-state index in [-0.39, 0.29) is 0 Å². The second kappa shape index (κ2) is 6.80. The van der Waals surface area contributed by atoms with Gasteiger partial charge in [0, 0.05) is 20.6 Å². The van der Waals surface area contributed by atoms with Crippen molar-refractivity contribution < 1.29 is 0 Å². The quantitative estimate of drug-likeness (QED) is 0.599. The first kappa shape index (κ1) is 14.9. The lowest BCUT2D eigenvalue weighted by Crippen LogP contribution is -2.06. The zero-order chi connectivity index (χ0) is 14.5. The van der Waals surface area contributed by atoms with Gasteiger partial charge in [0.25, 0.3) is 0 Å². The maximum atomic E-state index is 6.06. The number of amidine groups is 1. The van der Waals surface area contributed by atoms with E-state index in [2.05, 4.69) is 4.99 Å². The van der Waals surface area contributed by atoms with Crippen LogP contribution < -0.4 is 5.73 Å². The number of hydrogen-bond acceptors (Lipinski definition) is 1. The average Bonchev–Trinajstić information content (AvgIpc) is 2.41. The highest BCUT2D eigenvalue weighted by molar-refractivity contribution is 6.37. The summed E-state index contributed by atoms with van der Waals surface area (Å²) in [6.07, 6.45) is 3.39. The SMILES string of the molecule is NC(/C=C/c1c(Cl)cccc1Cl)=Nc1ccc(Cl)cc1. The number of benzene rings is 2. The van der Waals surface area contributed by atoms with Crippen molar-refractivity contribution in [3.8, 4) is 0 Å². The van der Waals surface area contributed by atoms with Crippen molar-refractivity contribution in [3.63, 3.8) is 0 Å². The Hall–Kier alpha value is -1.48. The Balaban J connectivity index is 2.20. The molecule has 0 heterocycles. The second-order valence-electron chi connectivity index (χ2n) is 3.98. The molecule has 20 heavy (non-hydrogen) atoms. The van der Waals surface area contributed by atoms with Gasteiger partial charge in [-0.1, -0.05) is 40.9 Å². The van der Waals surface area contributed by atoms with Crippen LogP contribution >= 0.6 is 34.8 Å². The molecular formula is C15H11Cl3N2. The van der Waals surface area contributed by atoms with Crippen LogP contribution in [0.4, 0.5) is 5.69 Å². The number of rotatable bonds is 3. The van der Waals surface area contributed by atoms with Crippen LogP contribution in [0.2, 0.25) is 15.1 Å². The van der Waals surface area contributed by atoms with Gasteiger partial charge in [-0.3, -0.25) is 0 Å². The van der Waals surface area contributed by atoms with Gasteiger partial charge in [-0.25, -0.2) is 4.99 Å². The summed E-state index contributed by atoms with van der Waals surface area (Å²) in [5, 5.41) is 1.78. The largest absolute Gasteiger partial charge is 0.384 e. The smallest absolute Gasteiger partial charge is 0.124 e. The number of nitrogens with zero attached hydrogens (tertiary/aromatic N) is 1. The Morgan fingerprint density at radius 2 is 1.55 bits per heavy atom. The Morgan fingerprint density at radius 3 is 2.15 bits per heavy atom. The first-order valence-electron chi connectivity index (χ1n) is 5.78. The minimum absolute atomic E-state index is 0.350. The first-order chi connectivity index (χ1) is 9.56. The predicted octanol–water partition coefficient (Wildman–Crippen LogP) is 5.35. The van der Waals surface area contributed by atoms with Crippen LogP contribution in [0, 0.1) is 0 Å². The molecule has 2 N–H and O–H groups in total. The van der Waals surface area contributed by atoms with Crippen molar-refractivity contribution in [2.75, 3.05) is 0 Å². The van der Waals surface area contributed by atoms with E-state index in [1.807, 2.05) is 0 Å². The fourth-order valence-electron chi connectivity index (χ4n) is 1.54. The Bertz CT molecular complexity index is 641. The summed E-state index contributed by atoms with van der Waals surface area (Å²) in [5.41, 5.74) is 7.27. The molecule has 2 aromatic carbocycles. The molecule has 0 fully saturated rings. The second-order valence-corrected chi connectivity index (χ2v) is 5.23. The summed E-state index contributed by atoms with van der Waals surface area (Å²) in [6, 6.07) is 12.4. The van der Waals surface area contributed by atoms with Gasteiger partial charge >= 0.3 is 0 Å². The molecule has 0 saturated heterocycles. The molecule has 2 nitrogen and oxygen atoms in total. The van der Waals surface area contributed by atoms with Gasteiger partial charge < -0.3 is 5.73 Å². The lowest BCUT2D eigenvalue weighted by atomic mass is 10.2. The number of nitrogens with two attached hydrogens (primary N) is 1. The lowest BCUT2D eigenvalue weighted by molar-refractivity contribution is 1.48. The van der Waals surface area contributed by atoms with Crippen LogP contribution in [0.25, 0.3) is 6.08 Å². The van der Waals surface area contributed by atoms with Gasteiger partial charge in [-0.05, 0) is 48.6 Å². The van der Waals surface area contributed by atoms with Crippen molar-refractivity contribution >= 4 is 52.4 Å². The van der Waals surface area contributed by atoms with Crippen molar-refractivity contribution in [1.29, 1.82) is 0 Å². The molecule has 0 spiro atoms. The zero-order valence-corrected chi connectivity index (χ0v) is 12.6. The van der Waals surface area contributed by atoms with Gasteiger partial charge in [-0.15, -0.1) is 0 Å². The van der Waals surface area contributed by atoms with Gasteiger partial charge in [0.15, 0.2) is 0 Å². The van der Waals surface area contributed by atoms with Crippen LogP contribution in [0.5, 0.6) is 0 Å². The van der Waals surface area contributed by atoms with Gasteiger partial charge in [-0.2, -0.15) is 0 Å². The van der Waals surface area contributed by atoms with Crippen molar-refractivity contribution in [2.24, 2.45) is 10.7 Å². The van der Waals surface area contributed by atoms with Crippen LogP contribution in [0.15, 0.2) is 53.5 Å². The summed E-state index contributed by atoms with van der Waals surface area (Å²) in [7, 11) is 0. The normalized spacial score (nSPS) is 12.1. The molecule has 0 aliphatic carbocycles. The molecule has 0 aliphatic rings. The van der Waals surface area contributed by atoms with E-state index in [1.165, 1.54) is 0 Å². The van der Waals surface area contributed by atoms with Crippen LogP contribution in [-0.4, -0.2) is 5.84 Å². The minimum Gasteiger partial charge on any atom is -0.384 e. The molecule has 0 aromatic heterocycles. The monoisotopic (exact) mass is 324 g/mol. The molecule has 0 atom stereocenters. The van der Waals surface area contributed by atoms with Crippen molar-refractivity contribution in [1.82, 2.24) is 0 Å². The van der Waals surface area contributed by atoms with Gasteiger partial charge in [0.05, 0.1) is 5.69 Å². The Kier molecular flexibility index (Phi) is 5.07. The number of aliphatic imine (C=N–C) groups is 1. The molecule has 102 valence electrons. The molecule has 5 heteroatoms. The molecule has 2 rings (SSSR count). The number of hydrogen-bond donors (Lipinski definition) is 1. The highest BCUT2D eigenvalue weighted by Crippen LogP contribution is 2.25. The van der Waals surface area contributed by atoms with E-state index in [0.29, 0.717) is 26.5 Å². The van der Waals surface area contributed by atoms with Gasteiger partial charge in [0.2, 0.25) is 0 Å². The summed E-state index contributed by atoms with van der Waals surface area (Å²) in [4.78, 5) is 4.24. The third-order valence-corrected chi connectivity index (χ3v) is 3.42. The zero-order valence-electron chi connectivity index (χ0n) is 10.4. The summed E-state index contributed by atoms with van der Waals surface area (Å²) in [5.74, 6) is 0.350. The van der Waals surface area contributed by atoms with E-state index in [4.69, 9.17) is 40.5 Å². The molecule has 0 unspecified atom stereocenters. The molecule has 0 bridgehead atoms. The van der Waals surface area contributed by atoms with E-state index >= 15 is 0 Å². The minimum atomic E-state index is 0.350. The maximum Gasteiger partial charge on any atom is 0.124 e. The third-order valence-electron chi connectivity index (χ3n) is 2.51. The van der Waals surface area contributed by atoms with E-state index in [9.17, 15) is 0 Å². The van der Waals surface area contributed by atoms with Gasteiger partial charge in [0.1, 0.15) is 5.84 Å². The summed E-state index contributed by atoms with van der Waals surface area (Å²) < 4.78 is 0. The molecule has 0 saturated carbocycles. The summed E-state index contributed by atoms with van der Waals surface area (Å²) >= 11 is 17.9. The first-order valence-corrected chi connectivity index (χ1v) is 6.91. The Morgan fingerprint density at radius 1 is 0.950 bits per heavy atom. The molecule has 0 aliphatic heterocycles. The van der Waals surface area contributed by atoms with Crippen molar-refractivity contribution in [3.05, 3.63) is 69.2 Å². The average molecular weight is 326 g/mol. The fourth-order valence-corrected chi connectivity index (χ4v) is 2.19.